The van der Waals surface area contributed by atoms with Gasteiger partial charge in [-0.15, -0.1) is 0 Å². The van der Waals surface area contributed by atoms with Gasteiger partial charge in [0.05, 0.1) is 31.8 Å². The van der Waals surface area contributed by atoms with Crippen molar-refractivity contribution in [2.45, 2.75) is 71.5 Å². The molecule has 1 saturated carbocycles. The fourth-order valence-electron chi connectivity index (χ4n) is 5.66. The lowest BCUT2D eigenvalue weighted by atomic mass is 9.73. The molecule has 0 spiro atoms. The van der Waals surface area contributed by atoms with E-state index in [1.54, 1.807) is 0 Å². The van der Waals surface area contributed by atoms with E-state index in [-0.39, 0.29) is 56.9 Å². The summed E-state index contributed by atoms with van der Waals surface area (Å²) in [6.45, 7) is 6.40. The van der Waals surface area contributed by atoms with E-state index in [9.17, 15) is 19.8 Å². The van der Waals surface area contributed by atoms with Crippen molar-refractivity contribution in [3.63, 3.8) is 0 Å². The highest BCUT2D eigenvalue weighted by atomic mass is 16.6. The molecule has 2 aliphatic carbocycles. The number of ether oxygens (including phenoxy) is 3. The van der Waals surface area contributed by atoms with E-state index in [1.165, 1.54) is 5.56 Å². The van der Waals surface area contributed by atoms with Gasteiger partial charge in [-0.3, -0.25) is 4.79 Å². The van der Waals surface area contributed by atoms with Crippen LogP contribution in [0.4, 0.5) is 0 Å². The lowest BCUT2D eigenvalue weighted by molar-refractivity contribution is -0.148. The van der Waals surface area contributed by atoms with Crippen molar-refractivity contribution < 1.29 is 39.1 Å². The Hall–Kier alpha value is -2.16. The number of carbonyl (C=O) groups excluding carboxylic acids is 1. The Labute approximate surface area is 213 Å². The highest BCUT2D eigenvalue weighted by molar-refractivity contribution is 5.71. The number of aliphatic hydroxyl groups excluding tert-OH is 2. The highest BCUT2D eigenvalue weighted by Crippen LogP contribution is 2.48. The molecule has 3 rings (SSSR count). The third kappa shape index (κ3) is 7.67. The second-order valence-corrected chi connectivity index (χ2v) is 10.7. The number of fused-ring (bicyclic) bond motifs is 2. The molecule has 0 aromatic heterocycles. The number of rotatable bonds is 14. The van der Waals surface area contributed by atoms with Crippen molar-refractivity contribution in [2.75, 3.05) is 26.4 Å². The molecule has 1 aromatic rings. The Morgan fingerprint density at radius 1 is 1.11 bits per heavy atom. The molecule has 8 heteroatoms. The van der Waals surface area contributed by atoms with Gasteiger partial charge in [-0.2, -0.15) is 0 Å². The normalized spacial score (nSPS) is 24.6. The molecule has 0 amide bonds. The van der Waals surface area contributed by atoms with Crippen molar-refractivity contribution in [3.8, 4) is 5.75 Å². The highest BCUT2D eigenvalue weighted by Gasteiger charge is 2.45. The van der Waals surface area contributed by atoms with E-state index in [0.717, 1.165) is 31.2 Å². The predicted octanol–water partition coefficient (Wildman–Crippen LogP) is 3.24. The minimum absolute atomic E-state index is 0.0440. The molecule has 3 N–H and O–H groups in total. The Morgan fingerprint density at radius 3 is 2.61 bits per heavy atom. The summed E-state index contributed by atoms with van der Waals surface area (Å²) in [5, 5.41) is 30.0. The molecule has 0 radical (unpaired) electrons. The Kier molecular flexibility index (Phi) is 10.6. The zero-order valence-corrected chi connectivity index (χ0v) is 21.7. The predicted molar refractivity (Wildman–Crippen MR) is 134 cm³/mol. The van der Waals surface area contributed by atoms with E-state index in [1.807, 2.05) is 12.1 Å². The van der Waals surface area contributed by atoms with Crippen LogP contribution in [0.15, 0.2) is 18.2 Å². The molecular formula is C28H42O8. The first-order valence-corrected chi connectivity index (χ1v) is 13.2. The van der Waals surface area contributed by atoms with Gasteiger partial charge < -0.3 is 29.5 Å². The van der Waals surface area contributed by atoms with Crippen LogP contribution in [0.5, 0.6) is 5.75 Å². The molecule has 0 heterocycles. The van der Waals surface area contributed by atoms with Crippen LogP contribution in [-0.4, -0.2) is 65.9 Å². The van der Waals surface area contributed by atoms with E-state index >= 15 is 0 Å². The molecule has 6 atom stereocenters. The fraction of sp³-hybridized carbons (Fsp3) is 0.714. The van der Waals surface area contributed by atoms with E-state index in [0.29, 0.717) is 29.9 Å². The molecule has 8 nitrogen and oxygen atoms in total. The number of carboxylic acid groups (broad SMARTS) is 1. The molecule has 1 fully saturated rings. The minimum atomic E-state index is -0.935. The standard InChI is InChI=1S/C28H42O8/c1-17(2)18(3)24(29)8-7-21-22-13-19-5-4-6-26(23(19)14-20(22)15-25(21)30)36-16-28(33)35-12-11-34-10-9-27(31)32/h4-6,17-18,20-22,24-25,29-30H,7-16H2,1-3H3,(H,31,32)/t18?,20-,21+,22-,24+,25+/m0/s1. The Morgan fingerprint density at radius 2 is 1.89 bits per heavy atom. The first-order valence-electron chi connectivity index (χ1n) is 13.2. The van der Waals surface area contributed by atoms with Gasteiger partial charge in [-0.1, -0.05) is 32.9 Å². The zero-order valence-electron chi connectivity index (χ0n) is 21.7. The molecule has 36 heavy (non-hydrogen) atoms. The third-order valence-corrected chi connectivity index (χ3v) is 8.10. The first kappa shape index (κ1) is 28.4. The molecule has 0 aliphatic heterocycles. The number of aliphatic carboxylic acids is 1. The summed E-state index contributed by atoms with van der Waals surface area (Å²) in [6, 6.07) is 5.90. The number of carboxylic acids is 1. The topological polar surface area (TPSA) is 123 Å². The Bertz CT molecular complexity index is 869. The van der Waals surface area contributed by atoms with Crippen LogP contribution in [-0.2, 0) is 31.9 Å². The summed E-state index contributed by atoms with van der Waals surface area (Å²) in [4.78, 5) is 22.5. The molecular weight excluding hydrogens is 464 g/mol. The summed E-state index contributed by atoms with van der Waals surface area (Å²) in [6.07, 6.45) is 3.19. The summed E-state index contributed by atoms with van der Waals surface area (Å²) >= 11 is 0. The van der Waals surface area contributed by atoms with Crippen LogP contribution in [0.3, 0.4) is 0 Å². The largest absolute Gasteiger partial charge is 0.482 e. The van der Waals surface area contributed by atoms with Gasteiger partial charge in [-0.25, -0.2) is 4.79 Å². The van der Waals surface area contributed by atoms with Crippen molar-refractivity contribution in [1.29, 1.82) is 0 Å². The number of aliphatic hydroxyl groups is 2. The second-order valence-electron chi connectivity index (χ2n) is 10.7. The maximum atomic E-state index is 12.1. The third-order valence-electron chi connectivity index (χ3n) is 8.10. The van der Waals surface area contributed by atoms with Gasteiger partial charge in [0.25, 0.3) is 0 Å². The zero-order chi connectivity index (χ0) is 26.2. The number of carbonyl (C=O) groups is 2. The van der Waals surface area contributed by atoms with Gasteiger partial charge in [0.15, 0.2) is 6.61 Å². The van der Waals surface area contributed by atoms with Crippen molar-refractivity contribution in [1.82, 2.24) is 0 Å². The van der Waals surface area contributed by atoms with Crippen LogP contribution in [0.2, 0.25) is 0 Å². The van der Waals surface area contributed by atoms with Crippen LogP contribution in [0.1, 0.15) is 57.6 Å². The van der Waals surface area contributed by atoms with Crippen LogP contribution in [0.25, 0.3) is 0 Å². The van der Waals surface area contributed by atoms with Crippen LogP contribution >= 0.6 is 0 Å². The van der Waals surface area contributed by atoms with Crippen LogP contribution < -0.4 is 4.74 Å². The summed E-state index contributed by atoms with van der Waals surface area (Å²) in [5.74, 6) is 0.837. The second kappa shape index (κ2) is 13.4. The van der Waals surface area contributed by atoms with Gasteiger partial charge in [0, 0.05) is 0 Å². The average Bonchev–Trinajstić information content (AvgIpc) is 3.14. The number of benzene rings is 1. The summed E-state index contributed by atoms with van der Waals surface area (Å²) in [7, 11) is 0. The quantitative estimate of drug-likeness (QED) is 0.260. The molecule has 1 unspecified atom stereocenters. The minimum Gasteiger partial charge on any atom is -0.482 e. The number of hydrogen-bond donors (Lipinski definition) is 3. The maximum Gasteiger partial charge on any atom is 0.344 e. The maximum absolute atomic E-state index is 12.1. The summed E-state index contributed by atoms with van der Waals surface area (Å²) in [5.41, 5.74) is 2.30. The number of hydrogen-bond acceptors (Lipinski definition) is 7. The molecule has 202 valence electrons. The SMILES string of the molecule is CC(C)C(C)[C@H](O)CC[C@@H]1[C@H]2Cc3cccc(OCC(=O)OCCOCCC(=O)O)c3C[C@H]2C[C@H]1O. The molecule has 1 aromatic carbocycles. The summed E-state index contributed by atoms with van der Waals surface area (Å²) < 4.78 is 16.0. The van der Waals surface area contributed by atoms with Crippen molar-refractivity contribution in [3.05, 3.63) is 29.3 Å². The Balaban J connectivity index is 1.51. The van der Waals surface area contributed by atoms with Gasteiger partial charge in [-0.05, 0) is 78.9 Å². The average molecular weight is 507 g/mol. The fourth-order valence-corrected chi connectivity index (χ4v) is 5.66. The van der Waals surface area contributed by atoms with E-state index < -0.39 is 11.9 Å². The molecule has 0 bridgehead atoms. The molecule has 0 saturated heterocycles. The lowest BCUT2D eigenvalue weighted by Gasteiger charge is -2.33. The van der Waals surface area contributed by atoms with Gasteiger partial charge >= 0.3 is 11.9 Å². The van der Waals surface area contributed by atoms with E-state index in [4.69, 9.17) is 19.3 Å². The van der Waals surface area contributed by atoms with Gasteiger partial charge in [0.2, 0.25) is 0 Å². The number of esters is 1. The smallest absolute Gasteiger partial charge is 0.344 e. The first-order chi connectivity index (χ1) is 17.2. The van der Waals surface area contributed by atoms with Crippen molar-refractivity contribution >= 4 is 11.9 Å². The van der Waals surface area contributed by atoms with Gasteiger partial charge in [0.1, 0.15) is 12.4 Å². The lowest BCUT2D eigenvalue weighted by Crippen LogP contribution is -2.29. The van der Waals surface area contributed by atoms with Crippen molar-refractivity contribution in [2.24, 2.45) is 29.6 Å². The monoisotopic (exact) mass is 506 g/mol. The van der Waals surface area contributed by atoms with E-state index in [2.05, 4.69) is 26.8 Å². The van der Waals surface area contributed by atoms with Crippen LogP contribution in [0, 0.1) is 29.6 Å². The molecule has 2 aliphatic rings.